The summed E-state index contributed by atoms with van der Waals surface area (Å²) in [5.41, 5.74) is 5.98. The molecule has 0 bridgehead atoms. The molecule has 26 heavy (non-hydrogen) atoms. The van der Waals surface area contributed by atoms with Crippen molar-refractivity contribution in [3.8, 4) is 0 Å². The Bertz CT molecular complexity index is 941. The standard InChI is InChI=1S/C20H24ClN5/c1-13-15(3)22-12-23-20(13)26-8-6-25(7-9-26)11-19-14(2)17-10-16(21)4-5-18(17)24-19/h4-5,10,12,24H,6-9,11H2,1-3H3. The quantitative estimate of drug-likeness (QED) is 0.761. The highest BCUT2D eigenvalue weighted by Gasteiger charge is 2.21. The Labute approximate surface area is 159 Å². The molecule has 0 atom stereocenters. The minimum absolute atomic E-state index is 0.787. The number of hydrogen-bond acceptors (Lipinski definition) is 4. The minimum Gasteiger partial charge on any atom is -0.357 e. The first-order chi connectivity index (χ1) is 12.5. The van der Waals surface area contributed by atoms with Crippen LogP contribution in [0.15, 0.2) is 24.5 Å². The molecule has 0 radical (unpaired) electrons. The lowest BCUT2D eigenvalue weighted by Gasteiger charge is -2.36. The summed E-state index contributed by atoms with van der Waals surface area (Å²) in [4.78, 5) is 17.2. The number of anilines is 1. The number of piperazine rings is 1. The van der Waals surface area contributed by atoms with Crippen LogP contribution in [0, 0.1) is 20.8 Å². The van der Waals surface area contributed by atoms with Crippen LogP contribution in [0.3, 0.4) is 0 Å². The number of hydrogen-bond donors (Lipinski definition) is 1. The van der Waals surface area contributed by atoms with Crippen molar-refractivity contribution in [3.05, 3.63) is 52.1 Å². The number of aromatic nitrogens is 3. The van der Waals surface area contributed by atoms with E-state index in [4.69, 9.17) is 11.6 Å². The number of nitrogens with one attached hydrogen (secondary N) is 1. The molecule has 3 heterocycles. The number of fused-ring (bicyclic) bond motifs is 1. The lowest BCUT2D eigenvalue weighted by molar-refractivity contribution is 0.246. The molecule has 5 nitrogen and oxygen atoms in total. The van der Waals surface area contributed by atoms with Gasteiger partial charge in [0.1, 0.15) is 12.1 Å². The van der Waals surface area contributed by atoms with E-state index in [1.54, 1.807) is 6.33 Å². The summed E-state index contributed by atoms with van der Waals surface area (Å²) >= 11 is 6.15. The van der Waals surface area contributed by atoms with E-state index < -0.39 is 0 Å². The van der Waals surface area contributed by atoms with Gasteiger partial charge in [0.2, 0.25) is 0 Å². The zero-order valence-corrected chi connectivity index (χ0v) is 16.3. The van der Waals surface area contributed by atoms with Crippen LogP contribution in [0.1, 0.15) is 22.5 Å². The van der Waals surface area contributed by atoms with E-state index in [-0.39, 0.29) is 0 Å². The summed E-state index contributed by atoms with van der Waals surface area (Å²) in [6.07, 6.45) is 1.67. The average molecular weight is 370 g/mol. The van der Waals surface area contributed by atoms with Gasteiger partial charge in [0, 0.05) is 65.6 Å². The predicted molar refractivity (Wildman–Crippen MR) is 107 cm³/mol. The van der Waals surface area contributed by atoms with Gasteiger partial charge < -0.3 is 9.88 Å². The Morgan fingerprint density at radius 3 is 2.58 bits per heavy atom. The number of halogens is 1. The average Bonchev–Trinajstić information content (AvgIpc) is 2.94. The van der Waals surface area contributed by atoms with Gasteiger partial charge in [-0.3, -0.25) is 4.90 Å². The first kappa shape index (κ1) is 17.3. The second-order valence-corrected chi connectivity index (χ2v) is 7.53. The molecular formula is C20H24ClN5. The number of benzene rings is 1. The molecule has 136 valence electrons. The Kier molecular flexibility index (Phi) is 4.59. The van der Waals surface area contributed by atoms with E-state index in [2.05, 4.69) is 44.7 Å². The summed E-state index contributed by atoms with van der Waals surface area (Å²) in [6, 6.07) is 6.05. The topological polar surface area (TPSA) is 48.1 Å². The van der Waals surface area contributed by atoms with Gasteiger partial charge in [-0.15, -0.1) is 0 Å². The Hall–Kier alpha value is -2.11. The summed E-state index contributed by atoms with van der Waals surface area (Å²) < 4.78 is 0. The van der Waals surface area contributed by atoms with E-state index in [1.807, 2.05) is 19.1 Å². The predicted octanol–water partition coefficient (Wildman–Crippen LogP) is 3.86. The zero-order chi connectivity index (χ0) is 18.3. The molecule has 1 N–H and O–H groups in total. The van der Waals surface area contributed by atoms with Crippen LogP contribution in [0.4, 0.5) is 5.82 Å². The highest BCUT2D eigenvalue weighted by molar-refractivity contribution is 6.31. The van der Waals surface area contributed by atoms with Crippen LogP contribution in [-0.2, 0) is 6.54 Å². The lowest BCUT2D eigenvalue weighted by Crippen LogP contribution is -2.46. The summed E-state index contributed by atoms with van der Waals surface area (Å²) in [5, 5.41) is 2.01. The molecule has 1 fully saturated rings. The smallest absolute Gasteiger partial charge is 0.135 e. The van der Waals surface area contributed by atoms with Gasteiger partial charge in [-0.2, -0.15) is 0 Å². The second kappa shape index (κ2) is 6.89. The Balaban J connectivity index is 1.46. The van der Waals surface area contributed by atoms with E-state index >= 15 is 0 Å². The van der Waals surface area contributed by atoms with Crippen molar-refractivity contribution in [1.82, 2.24) is 19.9 Å². The SMILES string of the molecule is Cc1ncnc(N2CCN(Cc3[nH]c4ccc(Cl)cc4c3C)CC2)c1C. The third kappa shape index (κ3) is 3.17. The van der Waals surface area contributed by atoms with Crippen molar-refractivity contribution >= 4 is 28.3 Å². The molecule has 1 aromatic carbocycles. The van der Waals surface area contributed by atoms with Crippen LogP contribution in [-0.4, -0.2) is 46.0 Å². The van der Waals surface area contributed by atoms with Crippen molar-refractivity contribution in [3.63, 3.8) is 0 Å². The largest absolute Gasteiger partial charge is 0.357 e. The second-order valence-electron chi connectivity index (χ2n) is 7.09. The fraction of sp³-hybridized carbons (Fsp3) is 0.400. The molecule has 0 unspecified atom stereocenters. The monoisotopic (exact) mass is 369 g/mol. The van der Waals surface area contributed by atoms with Crippen molar-refractivity contribution in [1.29, 1.82) is 0 Å². The van der Waals surface area contributed by atoms with E-state index in [0.29, 0.717) is 0 Å². The maximum atomic E-state index is 6.15. The molecule has 1 aliphatic rings. The van der Waals surface area contributed by atoms with Crippen LogP contribution >= 0.6 is 11.6 Å². The van der Waals surface area contributed by atoms with Gasteiger partial charge in [0.15, 0.2) is 0 Å². The molecule has 0 saturated carbocycles. The lowest BCUT2D eigenvalue weighted by atomic mass is 10.1. The molecule has 0 amide bonds. The zero-order valence-electron chi connectivity index (χ0n) is 15.5. The van der Waals surface area contributed by atoms with Gasteiger partial charge >= 0.3 is 0 Å². The van der Waals surface area contributed by atoms with Gasteiger partial charge in [0.05, 0.1) is 0 Å². The third-order valence-electron chi connectivity index (χ3n) is 5.49. The van der Waals surface area contributed by atoms with Crippen molar-refractivity contribution < 1.29 is 0 Å². The van der Waals surface area contributed by atoms with E-state index in [9.17, 15) is 0 Å². The number of rotatable bonds is 3. The molecule has 2 aromatic heterocycles. The number of H-pyrrole nitrogens is 1. The van der Waals surface area contributed by atoms with Crippen LogP contribution in [0.2, 0.25) is 5.02 Å². The first-order valence-corrected chi connectivity index (χ1v) is 9.43. The summed E-state index contributed by atoms with van der Waals surface area (Å²) in [7, 11) is 0. The van der Waals surface area contributed by atoms with Gasteiger partial charge in [-0.05, 0) is 44.5 Å². The van der Waals surface area contributed by atoms with Crippen molar-refractivity contribution in [2.45, 2.75) is 27.3 Å². The molecule has 6 heteroatoms. The molecule has 1 aliphatic heterocycles. The number of aryl methyl sites for hydroxylation is 2. The highest BCUT2D eigenvalue weighted by atomic mass is 35.5. The van der Waals surface area contributed by atoms with Crippen LogP contribution < -0.4 is 4.90 Å². The van der Waals surface area contributed by atoms with E-state index in [0.717, 1.165) is 54.8 Å². The molecule has 1 saturated heterocycles. The maximum Gasteiger partial charge on any atom is 0.135 e. The molecule has 0 aliphatic carbocycles. The molecular weight excluding hydrogens is 346 g/mol. The van der Waals surface area contributed by atoms with E-state index in [1.165, 1.54) is 22.2 Å². The minimum atomic E-state index is 0.787. The van der Waals surface area contributed by atoms with Crippen LogP contribution in [0.5, 0.6) is 0 Å². The Morgan fingerprint density at radius 2 is 1.81 bits per heavy atom. The van der Waals surface area contributed by atoms with Crippen molar-refractivity contribution in [2.75, 3.05) is 31.1 Å². The third-order valence-corrected chi connectivity index (χ3v) is 5.72. The Morgan fingerprint density at radius 1 is 1.04 bits per heavy atom. The maximum absolute atomic E-state index is 6.15. The number of aromatic amines is 1. The van der Waals surface area contributed by atoms with Gasteiger partial charge in [0.25, 0.3) is 0 Å². The first-order valence-electron chi connectivity index (χ1n) is 9.05. The molecule has 0 spiro atoms. The van der Waals surface area contributed by atoms with Crippen LogP contribution in [0.25, 0.3) is 10.9 Å². The fourth-order valence-electron chi connectivity index (χ4n) is 3.70. The van der Waals surface area contributed by atoms with Crippen molar-refractivity contribution in [2.24, 2.45) is 0 Å². The fourth-order valence-corrected chi connectivity index (χ4v) is 3.87. The van der Waals surface area contributed by atoms with Gasteiger partial charge in [-0.25, -0.2) is 9.97 Å². The molecule has 3 aromatic rings. The number of nitrogens with zero attached hydrogens (tertiary/aromatic N) is 4. The normalized spacial score (nSPS) is 15.8. The van der Waals surface area contributed by atoms with Gasteiger partial charge in [-0.1, -0.05) is 11.6 Å². The summed E-state index contributed by atoms with van der Waals surface area (Å²) in [6.45, 7) is 11.3. The highest BCUT2D eigenvalue weighted by Crippen LogP contribution is 2.26. The summed E-state index contributed by atoms with van der Waals surface area (Å²) in [5.74, 6) is 1.08. The molecule has 4 rings (SSSR count).